The van der Waals surface area contributed by atoms with Gasteiger partial charge in [0.1, 0.15) is 0 Å². The predicted molar refractivity (Wildman–Crippen MR) is 50.7 cm³/mol. The molecule has 1 rings (SSSR count). The maximum Gasteiger partial charge on any atom is 0.262 e. The molecule has 1 heterocycles. The molecular weight excluding hydrogens is 265 g/mol. The van der Waals surface area contributed by atoms with E-state index in [0.29, 0.717) is 15.9 Å². The van der Waals surface area contributed by atoms with Crippen LogP contribution in [-0.2, 0) is 0 Å². The van der Waals surface area contributed by atoms with E-state index in [1.165, 1.54) is 0 Å². The number of hydrogen-bond donors (Lipinski definition) is 0. The van der Waals surface area contributed by atoms with E-state index in [9.17, 15) is 8.78 Å². The zero-order valence-corrected chi connectivity index (χ0v) is 9.25. The highest BCUT2D eigenvalue weighted by Crippen LogP contribution is 2.25. The van der Waals surface area contributed by atoms with Gasteiger partial charge in [0.2, 0.25) is 5.29 Å². The van der Waals surface area contributed by atoms with Crippen LogP contribution in [0.2, 0.25) is 0 Å². The Bertz CT molecular complexity index is 369. The normalized spacial score (nSPS) is 13.1. The minimum atomic E-state index is -1.40. The van der Waals surface area contributed by atoms with Gasteiger partial charge >= 0.3 is 0 Å². The molecule has 0 aromatic carbocycles. The largest absolute Gasteiger partial charge is 0.262 e. The first-order valence-corrected chi connectivity index (χ1v) is 4.55. The SMILES string of the molecule is Cc1nn(C(F)=C(F)Cl)c(C)c1Br. The van der Waals surface area contributed by atoms with Crippen LogP contribution in [0.15, 0.2) is 9.76 Å². The molecule has 0 aliphatic carbocycles. The van der Waals surface area contributed by atoms with Gasteiger partial charge < -0.3 is 0 Å². The average Bonchev–Trinajstić information content (AvgIpc) is 2.31. The fraction of sp³-hybridized carbons (Fsp3) is 0.286. The first kappa shape index (κ1) is 10.7. The van der Waals surface area contributed by atoms with Crippen molar-refractivity contribution in [3.05, 3.63) is 21.1 Å². The van der Waals surface area contributed by atoms with E-state index in [0.717, 1.165) is 4.68 Å². The van der Waals surface area contributed by atoms with Crippen LogP contribution < -0.4 is 0 Å². The summed E-state index contributed by atoms with van der Waals surface area (Å²) in [6.45, 7) is 3.27. The summed E-state index contributed by atoms with van der Waals surface area (Å²) in [5.41, 5.74) is 1.04. The molecule has 0 saturated heterocycles. The van der Waals surface area contributed by atoms with E-state index in [1.807, 2.05) is 0 Å². The Balaban J connectivity index is 3.33. The molecule has 0 spiro atoms. The lowest BCUT2D eigenvalue weighted by Crippen LogP contribution is -1.98. The fourth-order valence-corrected chi connectivity index (χ4v) is 1.22. The number of aromatic nitrogens is 2. The van der Waals surface area contributed by atoms with Crippen LogP contribution in [0.1, 0.15) is 11.4 Å². The number of nitrogens with zero attached hydrogens (tertiary/aromatic N) is 2. The lowest BCUT2D eigenvalue weighted by Gasteiger charge is -1.98. The van der Waals surface area contributed by atoms with Crippen LogP contribution in [0.4, 0.5) is 8.78 Å². The summed E-state index contributed by atoms with van der Waals surface area (Å²) in [4.78, 5) is 0. The van der Waals surface area contributed by atoms with Crippen molar-refractivity contribution in [1.82, 2.24) is 9.78 Å². The summed E-state index contributed by atoms with van der Waals surface area (Å²) in [6.07, 6.45) is 0. The molecule has 0 fully saturated rings. The summed E-state index contributed by atoms with van der Waals surface area (Å²) in [6, 6.07) is 0. The van der Waals surface area contributed by atoms with Crippen molar-refractivity contribution < 1.29 is 8.78 Å². The standard InChI is InChI=1S/C7H6BrClF2N2/c1-3-5(8)4(2)13(12-3)7(11)6(9)10/h1-2H3. The lowest BCUT2D eigenvalue weighted by atomic mass is 10.4. The molecule has 72 valence electrons. The summed E-state index contributed by atoms with van der Waals surface area (Å²) in [7, 11) is 0. The van der Waals surface area contributed by atoms with Gasteiger partial charge in [-0.15, -0.1) is 0 Å². The Labute approximate surface area is 87.3 Å². The number of aryl methyl sites for hydroxylation is 1. The van der Waals surface area contributed by atoms with Crippen LogP contribution in [0.25, 0.3) is 5.95 Å². The molecule has 0 radical (unpaired) electrons. The minimum absolute atomic E-state index is 0.464. The molecule has 1 aromatic heterocycles. The molecule has 6 heteroatoms. The van der Waals surface area contributed by atoms with Gasteiger partial charge in [-0.25, -0.2) is 4.68 Å². The Morgan fingerprint density at radius 1 is 1.46 bits per heavy atom. The van der Waals surface area contributed by atoms with Gasteiger partial charge in [-0.05, 0) is 41.4 Å². The molecule has 1 aromatic rings. The van der Waals surface area contributed by atoms with E-state index in [4.69, 9.17) is 11.6 Å². The minimum Gasteiger partial charge on any atom is -0.206 e. The van der Waals surface area contributed by atoms with Gasteiger partial charge in [-0.2, -0.15) is 13.9 Å². The molecule has 0 amide bonds. The van der Waals surface area contributed by atoms with E-state index in [2.05, 4.69) is 21.0 Å². The maximum absolute atomic E-state index is 13.0. The molecule has 0 aliphatic rings. The second kappa shape index (κ2) is 3.75. The van der Waals surface area contributed by atoms with Crippen molar-refractivity contribution in [3.63, 3.8) is 0 Å². The van der Waals surface area contributed by atoms with Crippen molar-refractivity contribution in [2.45, 2.75) is 13.8 Å². The molecular formula is C7H6BrClF2N2. The van der Waals surface area contributed by atoms with Gasteiger partial charge in [0, 0.05) is 0 Å². The van der Waals surface area contributed by atoms with Gasteiger partial charge in [0.25, 0.3) is 5.95 Å². The van der Waals surface area contributed by atoms with Crippen molar-refractivity contribution >= 4 is 33.5 Å². The highest BCUT2D eigenvalue weighted by atomic mass is 79.9. The third kappa shape index (κ3) is 1.91. The average molecular weight is 271 g/mol. The van der Waals surface area contributed by atoms with E-state index >= 15 is 0 Å². The first-order chi connectivity index (χ1) is 5.95. The Morgan fingerprint density at radius 3 is 2.31 bits per heavy atom. The van der Waals surface area contributed by atoms with Crippen molar-refractivity contribution in [2.24, 2.45) is 0 Å². The summed E-state index contributed by atoms with van der Waals surface area (Å²) in [5, 5.41) is 2.34. The van der Waals surface area contributed by atoms with E-state index in [-0.39, 0.29) is 0 Å². The van der Waals surface area contributed by atoms with E-state index < -0.39 is 11.2 Å². The summed E-state index contributed by atoms with van der Waals surface area (Å²) in [5.74, 6) is -1.20. The third-order valence-corrected chi connectivity index (χ3v) is 2.85. The zero-order chi connectivity index (χ0) is 10.2. The second-order valence-corrected chi connectivity index (χ2v) is 3.57. The van der Waals surface area contributed by atoms with Gasteiger partial charge in [0.05, 0.1) is 15.9 Å². The topological polar surface area (TPSA) is 17.8 Å². The van der Waals surface area contributed by atoms with Gasteiger partial charge in [-0.1, -0.05) is 0 Å². The molecule has 0 bridgehead atoms. The quantitative estimate of drug-likeness (QED) is 0.764. The van der Waals surface area contributed by atoms with Crippen LogP contribution >= 0.6 is 27.5 Å². The monoisotopic (exact) mass is 270 g/mol. The zero-order valence-electron chi connectivity index (χ0n) is 6.91. The van der Waals surface area contributed by atoms with Crippen LogP contribution in [0.3, 0.4) is 0 Å². The first-order valence-electron chi connectivity index (χ1n) is 3.38. The lowest BCUT2D eigenvalue weighted by molar-refractivity contribution is 0.586. The van der Waals surface area contributed by atoms with Crippen molar-refractivity contribution in [1.29, 1.82) is 0 Å². The van der Waals surface area contributed by atoms with Crippen LogP contribution in [0, 0.1) is 13.8 Å². The Kier molecular flexibility index (Phi) is 3.08. The smallest absolute Gasteiger partial charge is 0.206 e. The van der Waals surface area contributed by atoms with Crippen LogP contribution in [-0.4, -0.2) is 9.78 Å². The number of hydrogen-bond acceptors (Lipinski definition) is 1. The second-order valence-electron chi connectivity index (χ2n) is 2.45. The van der Waals surface area contributed by atoms with Crippen molar-refractivity contribution in [3.8, 4) is 0 Å². The maximum atomic E-state index is 13.0. The fourth-order valence-electron chi connectivity index (χ4n) is 0.895. The number of halogens is 4. The van der Waals surface area contributed by atoms with E-state index in [1.54, 1.807) is 13.8 Å². The predicted octanol–water partition coefficient (Wildman–Crippen LogP) is 3.52. The molecule has 13 heavy (non-hydrogen) atoms. The molecule has 0 atom stereocenters. The summed E-state index contributed by atoms with van der Waals surface area (Å²) >= 11 is 8.04. The van der Waals surface area contributed by atoms with Crippen LogP contribution in [0.5, 0.6) is 0 Å². The van der Waals surface area contributed by atoms with Gasteiger partial charge in [0.15, 0.2) is 0 Å². The summed E-state index contributed by atoms with van der Waals surface area (Å²) < 4.78 is 26.7. The molecule has 2 nitrogen and oxygen atoms in total. The molecule has 0 saturated carbocycles. The number of rotatable bonds is 1. The third-order valence-electron chi connectivity index (χ3n) is 1.54. The van der Waals surface area contributed by atoms with Gasteiger partial charge in [-0.3, -0.25) is 0 Å². The Morgan fingerprint density at radius 2 is 2.00 bits per heavy atom. The Hall–Kier alpha value is -0.420. The highest BCUT2D eigenvalue weighted by molar-refractivity contribution is 9.10. The molecule has 0 aliphatic heterocycles. The highest BCUT2D eigenvalue weighted by Gasteiger charge is 2.14. The molecule has 0 N–H and O–H groups in total. The van der Waals surface area contributed by atoms with Crippen molar-refractivity contribution in [2.75, 3.05) is 0 Å². The molecule has 0 unspecified atom stereocenters.